The molecule has 0 bridgehead atoms. The standard InChI is InChI=1S/C20H32N6S.HI/c1-3-19-25-23-15-26(19)13-12-22-20(21-11-10-17-8-6-14-27-17)24-18-9-5-4-7-16(18)2;/h6,8,14-16,18H,3-5,7,9-13H2,1-2H3,(H2,21,22,24);1H. The van der Waals surface area contributed by atoms with E-state index in [1.807, 2.05) is 6.33 Å². The van der Waals surface area contributed by atoms with E-state index < -0.39 is 0 Å². The van der Waals surface area contributed by atoms with Crippen LogP contribution in [0, 0.1) is 5.92 Å². The summed E-state index contributed by atoms with van der Waals surface area (Å²) in [5.41, 5.74) is 0. The average Bonchev–Trinajstić information content (AvgIpc) is 3.35. The Morgan fingerprint density at radius 3 is 2.96 bits per heavy atom. The van der Waals surface area contributed by atoms with E-state index in [9.17, 15) is 0 Å². The molecule has 2 aromatic rings. The number of nitrogens with one attached hydrogen (secondary N) is 2. The molecule has 3 rings (SSSR count). The Hall–Kier alpha value is -1.16. The molecule has 1 aliphatic rings. The fourth-order valence-corrected chi connectivity index (χ4v) is 4.32. The van der Waals surface area contributed by atoms with Crippen molar-refractivity contribution in [3.8, 4) is 0 Å². The number of nitrogens with zero attached hydrogens (tertiary/aromatic N) is 4. The highest BCUT2D eigenvalue weighted by molar-refractivity contribution is 14.0. The Morgan fingerprint density at radius 2 is 2.21 bits per heavy atom. The van der Waals surface area contributed by atoms with Crippen LogP contribution in [-0.2, 0) is 19.4 Å². The van der Waals surface area contributed by atoms with Crippen molar-refractivity contribution in [1.82, 2.24) is 25.4 Å². The minimum Gasteiger partial charge on any atom is -0.355 e. The molecule has 0 saturated heterocycles. The van der Waals surface area contributed by atoms with E-state index in [2.05, 4.69) is 56.8 Å². The zero-order chi connectivity index (χ0) is 18.9. The molecule has 2 atom stereocenters. The molecule has 2 N–H and O–H groups in total. The summed E-state index contributed by atoms with van der Waals surface area (Å²) in [6.07, 6.45) is 8.91. The van der Waals surface area contributed by atoms with E-state index in [0.717, 1.165) is 44.3 Å². The van der Waals surface area contributed by atoms with Crippen LogP contribution in [0.25, 0.3) is 0 Å². The summed E-state index contributed by atoms with van der Waals surface area (Å²) in [6, 6.07) is 4.81. The molecule has 2 heterocycles. The monoisotopic (exact) mass is 516 g/mol. The number of aliphatic imine (C=N–C) groups is 1. The highest BCUT2D eigenvalue weighted by Gasteiger charge is 2.22. The second-order valence-electron chi connectivity index (χ2n) is 7.29. The minimum atomic E-state index is 0. The van der Waals surface area contributed by atoms with Crippen molar-refractivity contribution in [3.05, 3.63) is 34.5 Å². The summed E-state index contributed by atoms with van der Waals surface area (Å²) in [4.78, 5) is 6.24. The predicted molar refractivity (Wildman–Crippen MR) is 128 cm³/mol. The van der Waals surface area contributed by atoms with Gasteiger partial charge in [0, 0.05) is 43.4 Å². The van der Waals surface area contributed by atoms with Crippen molar-refractivity contribution in [1.29, 1.82) is 0 Å². The number of hydrogen-bond donors (Lipinski definition) is 2. The maximum absolute atomic E-state index is 4.85. The third-order valence-electron chi connectivity index (χ3n) is 5.30. The van der Waals surface area contributed by atoms with Gasteiger partial charge in [0.2, 0.25) is 0 Å². The van der Waals surface area contributed by atoms with Gasteiger partial charge in [-0.1, -0.05) is 32.8 Å². The molecule has 2 aromatic heterocycles. The van der Waals surface area contributed by atoms with Crippen LogP contribution in [0.3, 0.4) is 0 Å². The molecule has 8 heteroatoms. The lowest BCUT2D eigenvalue weighted by atomic mass is 9.86. The van der Waals surface area contributed by atoms with E-state index in [4.69, 9.17) is 4.99 Å². The third kappa shape index (κ3) is 7.02. The molecule has 2 unspecified atom stereocenters. The molecule has 28 heavy (non-hydrogen) atoms. The van der Waals surface area contributed by atoms with Crippen LogP contribution in [0.4, 0.5) is 0 Å². The average molecular weight is 516 g/mol. The van der Waals surface area contributed by atoms with Gasteiger partial charge in [0.15, 0.2) is 5.96 Å². The first-order valence-electron chi connectivity index (χ1n) is 10.2. The number of aromatic nitrogens is 3. The fourth-order valence-electron chi connectivity index (χ4n) is 3.63. The van der Waals surface area contributed by atoms with Gasteiger partial charge in [-0.2, -0.15) is 0 Å². The van der Waals surface area contributed by atoms with E-state index in [0.29, 0.717) is 12.0 Å². The lowest BCUT2D eigenvalue weighted by Gasteiger charge is -2.31. The maximum atomic E-state index is 4.85. The third-order valence-corrected chi connectivity index (χ3v) is 6.24. The van der Waals surface area contributed by atoms with Crippen LogP contribution in [-0.4, -0.2) is 39.9 Å². The quantitative estimate of drug-likeness (QED) is 0.318. The molecule has 0 spiro atoms. The SMILES string of the molecule is CCc1nncn1CCNC(=NCCc1cccs1)NC1CCCCC1C.I. The van der Waals surface area contributed by atoms with Gasteiger partial charge in [0.05, 0.1) is 0 Å². The lowest BCUT2D eigenvalue weighted by Crippen LogP contribution is -2.48. The van der Waals surface area contributed by atoms with E-state index in [-0.39, 0.29) is 24.0 Å². The molecule has 1 aliphatic carbocycles. The second kappa shape index (κ2) is 12.4. The molecule has 6 nitrogen and oxygen atoms in total. The van der Waals surface area contributed by atoms with Crippen LogP contribution < -0.4 is 10.6 Å². The smallest absolute Gasteiger partial charge is 0.191 e. The van der Waals surface area contributed by atoms with Gasteiger partial charge < -0.3 is 15.2 Å². The van der Waals surface area contributed by atoms with Crippen molar-refractivity contribution >= 4 is 41.3 Å². The van der Waals surface area contributed by atoms with Crippen LogP contribution >= 0.6 is 35.3 Å². The van der Waals surface area contributed by atoms with E-state index in [1.165, 1.54) is 30.6 Å². The van der Waals surface area contributed by atoms with Gasteiger partial charge in [-0.25, -0.2) is 0 Å². The zero-order valence-electron chi connectivity index (χ0n) is 16.9. The van der Waals surface area contributed by atoms with Crippen molar-refractivity contribution < 1.29 is 0 Å². The van der Waals surface area contributed by atoms with Gasteiger partial charge in [-0.05, 0) is 30.2 Å². The molecule has 0 aromatic carbocycles. The largest absolute Gasteiger partial charge is 0.355 e. The van der Waals surface area contributed by atoms with Gasteiger partial charge >= 0.3 is 0 Å². The summed E-state index contributed by atoms with van der Waals surface area (Å²) < 4.78 is 2.11. The fraction of sp³-hybridized carbons (Fsp3) is 0.650. The summed E-state index contributed by atoms with van der Waals surface area (Å²) in [7, 11) is 0. The second-order valence-corrected chi connectivity index (χ2v) is 8.33. The van der Waals surface area contributed by atoms with E-state index in [1.54, 1.807) is 11.3 Å². The molecule has 0 radical (unpaired) electrons. The number of rotatable bonds is 8. The normalized spacial score (nSPS) is 19.9. The number of halogens is 1. The van der Waals surface area contributed by atoms with Gasteiger partial charge in [-0.3, -0.25) is 4.99 Å². The van der Waals surface area contributed by atoms with Gasteiger partial charge in [-0.15, -0.1) is 45.5 Å². The van der Waals surface area contributed by atoms with Crippen molar-refractivity contribution in [2.45, 2.75) is 65.0 Å². The molecular weight excluding hydrogens is 483 g/mol. The van der Waals surface area contributed by atoms with Crippen LogP contribution in [0.1, 0.15) is 50.2 Å². The Balaban J connectivity index is 0.00000280. The van der Waals surface area contributed by atoms with Crippen LogP contribution in [0.15, 0.2) is 28.8 Å². The van der Waals surface area contributed by atoms with Gasteiger partial charge in [0.1, 0.15) is 12.2 Å². The summed E-state index contributed by atoms with van der Waals surface area (Å²) >= 11 is 1.80. The molecule has 1 fully saturated rings. The first-order valence-corrected chi connectivity index (χ1v) is 11.1. The maximum Gasteiger partial charge on any atom is 0.191 e. The molecular formula is C20H33IN6S. The first-order chi connectivity index (χ1) is 13.3. The van der Waals surface area contributed by atoms with Crippen molar-refractivity contribution in [3.63, 3.8) is 0 Å². The van der Waals surface area contributed by atoms with Gasteiger partial charge in [0.25, 0.3) is 0 Å². The first kappa shape index (κ1) is 23.1. The molecule has 0 amide bonds. The van der Waals surface area contributed by atoms with Crippen LogP contribution in [0.5, 0.6) is 0 Å². The summed E-state index contributed by atoms with van der Waals surface area (Å²) in [5.74, 6) is 2.67. The molecule has 0 aliphatic heterocycles. The van der Waals surface area contributed by atoms with Crippen molar-refractivity contribution in [2.24, 2.45) is 10.9 Å². The van der Waals surface area contributed by atoms with E-state index >= 15 is 0 Å². The number of hydrogen-bond acceptors (Lipinski definition) is 4. The summed E-state index contributed by atoms with van der Waals surface area (Å²) in [6.45, 7) is 6.94. The number of aryl methyl sites for hydroxylation is 1. The Bertz CT molecular complexity index is 699. The Labute approximate surface area is 189 Å². The Morgan fingerprint density at radius 1 is 1.36 bits per heavy atom. The number of thiophene rings is 1. The lowest BCUT2D eigenvalue weighted by molar-refractivity contribution is 0.306. The highest BCUT2D eigenvalue weighted by Crippen LogP contribution is 2.23. The minimum absolute atomic E-state index is 0. The van der Waals surface area contributed by atoms with Crippen LogP contribution in [0.2, 0.25) is 0 Å². The zero-order valence-corrected chi connectivity index (χ0v) is 20.1. The number of guanidine groups is 1. The Kier molecular flexibility index (Phi) is 10.3. The highest BCUT2D eigenvalue weighted by atomic mass is 127. The predicted octanol–water partition coefficient (Wildman–Crippen LogP) is 3.88. The topological polar surface area (TPSA) is 67.1 Å². The molecule has 156 valence electrons. The van der Waals surface area contributed by atoms with Crippen molar-refractivity contribution in [2.75, 3.05) is 13.1 Å². The molecule has 1 saturated carbocycles. The summed E-state index contributed by atoms with van der Waals surface area (Å²) in [5, 5.41) is 17.5.